The minimum atomic E-state index is -4.51. The van der Waals surface area contributed by atoms with Crippen LogP contribution in [0.4, 0.5) is 18.9 Å². The molecule has 4 aromatic carbocycles. The van der Waals surface area contributed by atoms with Gasteiger partial charge in [-0.25, -0.2) is 4.98 Å². The van der Waals surface area contributed by atoms with Crippen molar-refractivity contribution in [2.75, 3.05) is 11.9 Å². The lowest BCUT2D eigenvalue weighted by molar-refractivity contribution is -0.141. The number of nitrogens with zero attached hydrogens (tertiary/aromatic N) is 2. The molecule has 0 saturated carbocycles. The molecule has 2 amide bonds. The number of imidazole rings is 1. The SMILES string of the molecule is Cl.O=C(Nc1ccc2c(c1)ncn2CCCCC1(C(=O)NCC(F)(F)F)c2ccccc2-c2ccccc21)c1ccccc1. The third kappa shape index (κ3) is 5.92. The minimum Gasteiger partial charge on any atom is -0.346 e. The Morgan fingerprint density at radius 2 is 1.45 bits per heavy atom. The van der Waals surface area contributed by atoms with E-state index in [1.165, 1.54) is 0 Å². The second-order valence-corrected chi connectivity index (χ2v) is 10.7. The highest BCUT2D eigenvalue weighted by Gasteiger charge is 2.49. The molecular weight excluding hydrogens is 589 g/mol. The Kier molecular flexibility index (Phi) is 8.78. The molecule has 6 rings (SSSR count). The number of halogens is 4. The second-order valence-electron chi connectivity index (χ2n) is 10.7. The lowest BCUT2D eigenvalue weighted by Gasteiger charge is -2.31. The summed E-state index contributed by atoms with van der Waals surface area (Å²) in [6.07, 6.45) is -1.16. The van der Waals surface area contributed by atoms with E-state index in [1.807, 2.05) is 77.4 Å². The monoisotopic (exact) mass is 618 g/mol. The molecule has 1 aliphatic rings. The van der Waals surface area contributed by atoms with Gasteiger partial charge in [0.15, 0.2) is 0 Å². The van der Waals surface area contributed by atoms with Crippen molar-refractivity contribution < 1.29 is 22.8 Å². The molecule has 0 saturated heterocycles. The summed E-state index contributed by atoms with van der Waals surface area (Å²) in [6.45, 7) is -0.775. The Hall–Kier alpha value is -4.63. The molecule has 0 aliphatic heterocycles. The number of anilines is 1. The molecule has 10 heteroatoms. The van der Waals surface area contributed by atoms with Crippen LogP contribution in [0.15, 0.2) is 103 Å². The minimum absolute atomic E-state index is 0. The molecule has 6 nitrogen and oxygen atoms in total. The number of aryl methyl sites for hydroxylation is 1. The molecule has 226 valence electrons. The first-order valence-corrected chi connectivity index (χ1v) is 14.1. The van der Waals surface area contributed by atoms with Gasteiger partial charge >= 0.3 is 6.18 Å². The van der Waals surface area contributed by atoms with Crippen LogP contribution in [0.3, 0.4) is 0 Å². The second kappa shape index (κ2) is 12.5. The number of nitrogens with one attached hydrogen (secondary N) is 2. The normalized spacial score (nSPS) is 13.1. The third-order valence-electron chi connectivity index (χ3n) is 8.02. The summed E-state index contributed by atoms with van der Waals surface area (Å²) < 4.78 is 41.4. The standard InChI is InChI=1S/C34H29F3N4O2.ClH/c35-34(36,37)21-38-32(43)33(27-14-6-4-12-25(27)26-13-5-7-15-28(26)33)18-8-9-19-41-22-39-29-20-24(16-17-30(29)41)40-31(42)23-10-2-1-3-11-23;/h1-7,10-17,20,22H,8-9,18-19,21H2,(H,38,43)(H,40,42);1H. The smallest absolute Gasteiger partial charge is 0.346 e. The van der Waals surface area contributed by atoms with Gasteiger partial charge in [0.1, 0.15) is 12.0 Å². The Labute approximate surface area is 258 Å². The largest absolute Gasteiger partial charge is 0.405 e. The highest BCUT2D eigenvalue weighted by Crippen LogP contribution is 2.51. The fourth-order valence-corrected chi connectivity index (χ4v) is 6.07. The van der Waals surface area contributed by atoms with Crippen molar-refractivity contribution in [1.29, 1.82) is 0 Å². The van der Waals surface area contributed by atoms with Gasteiger partial charge in [-0.15, -0.1) is 12.4 Å². The maximum Gasteiger partial charge on any atom is 0.405 e. The van der Waals surface area contributed by atoms with Gasteiger partial charge in [-0.1, -0.05) is 66.7 Å². The zero-order chi connectivity index (χ0) is 30.0. The summed E-state index contributed by atoms with van der Waals surface area (Å²) >= 11 is 0. The Balaban J connectivity index is 0.00000384. The van der Waals surface area contributed by atoms with Crippen molar-refractivity contribution in [1.82, 2.24) is 14.9 Å². The van der Waals surface area contributed by atoms with Crippen molar-refractivity contribution >= 4 is 40.9 Å². The first-order valence-electron chi connectivity index (χ1n) is 14.1. The van der Waals surface area contributed by atoms with Crippen molar-refractivity contribution in [3.63, 3.8) is 0 Å². The average Bonchev–Trinajstić information content (AvgIpc) is 3.55. The van der Waals surface area contributed by atoms with Crippen LogP contribution in [-0.2, 0) is 16.8 Å². The number of rotatable bonds is 9. The highest BCUT2D eigenvalue weighted by atomic mass is 35.5. The molecule has 1 aliphatic carbocycles. The first kappa shape index (κ1) is 30.8. The summed E-state index contributed by atoms with van der Waals surface area (Å²) in [5.41, 5.74) is 4.80. The summed E-state index contributed by atoms with van der Waals surface area (Å²) in [6, 6.07) is 29.4. The van der Waals surface area contributed by atoms with Gasteiger partial charge in [-0.2, -0.15) is 13.2 Å². The average molecular weight is 619 g/mol. The predicted octanol–water partition coefficient (Wildman–Crippen LogP) is 7.53. The molecule has 0 atom stereocenters. The molecule has 44 heavy (non-hydrogen) atoms. The van der Waals surface area contributed by atoms with E-state index in [2.05, 4.69) is 15.6 Å². The van der Waals surface area contributed by atoms with Crippen LogP contribution in [-0.4, -0.2) is 34.1 Å². The maximum absolute atomic E-state index is 13.7. The summed E-state index contributed by atoms with van der Waals surface area (Å²) in [5, 5.41) is 5.08. The van der Waals surface area contributed by atoms with Crippen molar-refractivity contribution in [2.24, 2.45) is 0 Å². The third-order valence-corrected chi connectivity index (χ3v) is 8.02. The van der Waals surface area contributed by atoms with Crippen LogP contribution < -0.4 is 10.6 Å². The number of alkyl halides is 3. The number of carbonyl (C=O) groups excluding carboxylic acids is 2. The zero-order valence-corrected chi connectivity index (χ0v) is 24.4. The van der Waals surface area contributed by atoms with Crippen LogP contribution in [0, 0.1) is 0 Å². The number of aromatic nitrogens is 2. The Bertz CT molecular complexity index is 1760. The number of carbonyl (C=O) groups is 2. The number of unbranched alkanes of at least 4 members (excludes halogenated alkanes) is 1. The van der Waals surface area contributed by atoms with Crippen LogP contribution in [0.1, 0.15) is 40.7 Å². The van der Waals surface area contributed by atoms with Gasteiger partial charge in [0.2, 0.25) is 5.91 Å². The number of amides is 2. The quantitative estimate of drug-likeness (QED) is 0.168. The lowest BCUT2D eigenvalue weighted by Crippen LogP contribution is -2.47. The number of hydrogen-bond donors (Lipinski definition) is 2. The van der Waals surface area contributed by atoms with Crippen molar-refractivity contribution in [2.45, 2.75) is 37.4 Å². The Morgan fingerprint density at radius 3 is 2.11 bits per heavy atom. The van der Waals surface area contributed by atoms with Crippen LogP contribution in [0.25, 0.3) is 22.2 Å². The van der Waals surface area contributed by atoms with E-state index in [0.29, 0.717) is 37.1 Å². The number of benzene rings is 4. The molecule has 2 N–H and O–H groups in total. The van der Waals surface area contributed by atoms with E-state index in [0.717, 1.165) is 33.3 Å². The zero-order valence-electron chi connectivity index (χ0n) is 23.6. The van der Waals surface area contributed by atoms with Crippen molar-refractivity contribution in [3.8, 4) is 11.1 Å². The fraction of sp³-hybridized carbons (Fsp3) is 0.206. The van der Waals surface area contributed by atoms with Gasteiger partial charge in [0, 0.05) is 17.8 Å². The predicted molar refractivity (Wildman–Crippen MR) is 167 cm³/mol. The molecule has 0 radical (unpaired) electrons. The fourth-order valence-electron chi connectivity index (χ4n) is 6.07. The van der Waals surface area contributed by atoms with Crippen molar-refractivity contribution in [3.05, 3.63) is 120 Å². The summed E-state index contributed by atoms with van der Waals surface area (Å²) in [4.78, 5) is 30.7. The molecule has 0 spiro atoms. The molecule has 1 heterocycles. The van der Waals surface area contributed by atoms with Crippen LogP contribution in [0.2, 0.25) is 0 Å². The van der Waals surface area contributed by atoms with E-state index in [4.69, 9.17) is 0 Å². The molecule has 0 unspecified atom stereocenters. The van der Waals surface area contributed by atoms with E-state index < -0.39 is 24.0 Å². The highest BCUT2D eigenvalue weighted by molar-refractivity contribution is 6.05. The van der Waals surface area contributed by atoms with Gasteiger partial charge in [0.05, 0.1) is 17.4 Å². The van der Waals surface area contributed by atoms with Gasteiger partial charge < -0.3 is 15.2 Å². The lowest BCUT2D eigenvalue weighted by atomic mass is 9.73. The first-order chi connectivity index (χ1) is 20.8. The van der Waals surface area contributed by atoms with Gasteiger partial charge in [0.25, 0.3) is 5.91 Å². The van der Waals surface area contributed by atoms with Crippen LogP contribution in [0.5, 0.6) is 0 Å². The topological polar surface area (TPSA) is 76.0 Å². The van der Waals surface area contributed by atoms with E-state index in [-0.39, 0.29) is 18.3 Å². The molecule has 0 fully saturated rings. The Morgan fingerprint density at radius 1 is 0.818 bits per heavy atom. The van der Waals surface area contributed by atoms with E-state index in [1.54, 1.807) is 30.6 Å². The van der Waals surface area contributed by atoms with Gasteiger partial charge in [-0.3, -0.25) is 9.59 Å². The molecule has 5 aromatic rings. The van der Waals surface area contributed by atoms with Crippen LogP contribution >= 0.6 is 12.4 Å². The van der Waals surface area contributed by atoms with Gasteiger partial charge in [-0.05, 0) is 71.8 Å². The number of hydrogen-bond acceptors (Lipinski definition) is 3. The maximum atomic E-state index is 13.7. The molecule has 1 aromatic heterocycles. The summed E-state index contributed by atoms with van der Waals surface area (Å²) in [7, 11) is 0. The van der Waals surface area contributed by atoms with E-state index in [9.17, 15) is 22.8 Å². The molecular formula is C34H30ClF3N4O2. The summed E-state index contributed by atoms with van der Waals surface area (Å²) in [5.74, 6) is -0.844. The molecule has 0 bridgehead atoms. The van der Waals surface area contributed by atoms with E-state index >= 15 is 0 Å². The number of fused-ring (bicyclic) bond motifs is 4.